The number of rotatable bonds is 8. The van der Waals surface area contributed by atoms with E-state index >= 15 is 0 Å². The molecular weight excluding hydrogens is 480 g/mol. The summed E-state index contributed by atoms with van der Waals surface area (Å²) < 4.78 is 5.87. The molecule has 5 aromatic rings. The van der Waals surface area contributed by atoms with E-state index in [0.717, 1.165) is 38.4 Å². The Bertz CT molecular complexity index is 1480. The predicted octanol–water partition coefficient (Wildman–Crippen LogP) is 6.79. The molecule has 5 heteroatoms. The van der Waals surface area contributed by atoms with Crippen molar-refractivity contribution in [2.75, 3.05) is 27.7 Å². The molecule has 2 atom stereocenters. The van der Waals surface area contributed by atoms with Gasteiger partial charge in [-0.2, -0.15) is 0 Å². The number of aliphatic hydroxyl groups is 1. The van der Waals surface area contributed by atoms with Crippen molar-refractivity contribution in [1.29, 1.82) is 0 Å². The first-order valence-electron chi connectivity index (χ1n) is 12.4. The number of halogens is 1. The third-order valence-corrected chi connectivity index (χ3v) is 7.03. The van der Waals surface area contributed by atoms with Crippen molar-refractivity contribution in [2.24, 2.45) is 0 Å². The SMILES string of the molecule is COc1nc2ccccc2cc1[C@@H](c1ccccc1)[C@@](O)(CCN(C)C)c1cccc2ccccc12.Cl. The molecule has 1 aromatic heterocycles. The van der Waals surface area contributed by atoms with Gasteiger partial charge in [0.2, 0.25) is 5.88 Å². The predicted molar refractivity (Wildman–Crippen MR) is 155 cm³/mol. The smallest absolute Gasteiger partial charge is 0.217 e. The zero-order valence-corrected chi connectivity index (χ0v) is 22.3. The molecule has 4 aromatic carbocycles. The van der Waals surface area contributed by atoms with Gasteiger partial charge in [-0.15, -0.1) is 12.4 Å². The van der Waals surface area contributed by atoms with Gasteiger partial charge in [-0.25, -0.2) is 4.98 Å². The molecule has 0 amide bonds. The van der Waals surface area contributed by atoms with Crippen molar-refractivity contribution in [1.82, 2.24) is 9.88 Å². The van der Waals surface area contributed by atoms with Crippen molar-refractivity contribution in [3.63, 3.8) is 0 Å². The minimum absolute atomic E-state index is 0. The number of hydrogen-bond acceptors (Lipinski definition) is 4. The summed E-state index contributed by atoms with van der Waals surface area (Å²) in [6.07, 6.45) is 0.531. The molecule has 0 saturated carbocycles. The van der Waals surface area contributed by atoms with Crippen molar-refractivity contribution in [3.8, 4) is 5.88 Å². The number of nitrogens with zero attached hydrogens (tertiary/aromatic N) is 2. The second-order valence-electron chi connectivity index (χ2n) is 9.63. The van der Waals surface area contributed by atoms with Crippen LogP contribution < -0.4 is 4.74 Å². The molecule has 1 heterocycles. The van der Waals surface area contributed by atoms with Crippen LogP contribution in [0.4, 0.5) is 0 Å². The molecule has 0 fully saturated rings. The molecule has 0 bridgehead atoms. The lowest BCUT2D eigenvalue weighted by Gasteiger charge is -2.39. The van der Waals surface area contributed by atoms with Crippen LogP contribution in [-0.2, 0) is 5.60 Å². The molecule has 0 aliphatic rings. The minimum atomic E-state index is -1.23. The lowest BCUT2D eigenvalue weighted by molar-refractivity contribution is 0.00520. The number of methoxy groups -OCH3 is 1. The van der Waals surface area contributed by atoms with E-state index in [1.54, 1.807) is 7.11 Å². The van der Waals surface area contributed by atoms with E-state index in [9.17, 15) is 5.11 Å². The Morgan fingerprint density at radius 3 is 2.22 bits per heavy atom. The summed E-state index contributed by atoms with van der Waals surface area (Å²) in [5, 5.41) is 16.2. The standard InChI is InChI=1S/C32H32N2O2.ClH/c1-34(2)21-20-32(35,28-18-11-16-23-12-7-9-17-26(23)28)30(24-13-5-4-6-14-24)27-22-25-15-8-10-19-29(25)33-31(27)36-3;/h4-19,22,30,35H,20-21H2,1-3H3;1H/t30-,32-;/m1./s1. The third-order valence-electron chi connectivity index (χ3n) is 7.03. The zero-order valence-electron chi connectivity index (χ0n) is 21.5. The van der Waals surface area contributed by atoms with Gasteiger partial charge in [-0.3, -0.25) is 0 Å². The van der Waals surface area contributed by atoms with Crippen LogP contribution in [0, 0.1) is 0 Å². The number of fused-ring (bicyclic) bond motifs is 2. The molecule has 0 aliphatic heterocycles. The van der Waals surface area contributed by atoms with Crippen LogP contribution in [0.25, 0.3) is 21.7 Å². The van der Waals surface area contributed by atoms with Crippen molar-refractivity contribution >= 4 is 34.1 Å². The normalized spacial score (nSPS) is 13.8. The van der Waals surface area contributed by atoms with Gasteiger partial charge in [0.25, 0.3) is 0 Å². The van der Waals surface area contributed by atoms with Gasteiger partial charge >= 0.3 is 0 Å². The van der Waals surface area contributed by atoms with Crippen molar-refractivity contribution < 1.29 is 9.84 Å². The number of benzene rings is 4. The van der Waals surface area contributed by atoms with Gasteiger partial charge in [0, 0.05) is 23.4 Å². The number of aromatic nitrogens is 1. The monoisotopic (exact) mass is 512 g/mol. The average Bonchev–Trinajstić information content (AvgIpc) is 2.92. The molecule has 0 unspecified atom stereocenters. The molecule has 0 radical (unpaired) electrons. The van der Waals surface area contributed by atoms with Gasteiger partial charge < -0.3 is 14.7 Å². The quantitative estimate of drug-likeness (QED) is 0.248. The first-order valence-corrected chi connectivity index (χ1v) is 12.4. The van der Waals surface area contributed by atoms with Gasteiger partial charge in [-0.05, 0) is 54.5 Å². The van der Waals surface area contributed by atoms with E-state index in [1.165, 1.54) is 0 Å². The van der Waals surface area contributed by atoms with Crippen molar-refractivity contribution in [3.05, 3.63) is 120 Å². The Balaban J connectivity index is 0.00000320. The fraction of sp³-hybridized carbons (Fsp3) is 0.219. The summed E-state index contributed by atoms with van der Waals surface area (Å²) in [6, 6.07) is 34.9. The molecule has 37 heavy (non-hydrogen) atoms. The Kier molecular flexibility index (Phi) is 8.13. The third kappa shape index (κ3) is 5.19. The van der Waals surface area contributed by atoms with E-state index < -0.39 is 11.5 Å². The summed E-state index contributed by atoms with van der Waals surface area (Å²) in [7, 11) is 5.73. The second kappa shape index (κ2) is 11.3. The Labute approximate surface area is 225 Å². The maximum atomic E-state index is 13.0. The highest BCUT2D eigenvalue weighted by atomic mass is 35.5. The lowest BCUT2D eigenvalue weighted by Crippen LogP contribution is -2.38. The molecule has 0 saturated heterocycles. The number of hydrogen-bond donors (Lipinski definition) is 1. The number of pyridine rings is 1. The average molecular weight is 513 g/mol. The number of para-hydroxylation sites is 1. The van der Waals surface area contributed by atoms with Gasteiger partial charge in [0.1, 0.15) is 5.60 Å². The van der Waals surface area contributed by atoms with E-state index in [4.69, 9.17) is 9.72 Å². The maximum absolute atomic E-state index is 13.0. The molecule has 190 valence electrons. The van der Waals surface area contributed by atoms with Gasteiger partial charge in [-0.1, -0.05) is 91.0 Å². The van der Waals surface area contributed by atoms with Gasteiger partial charge in [0.15, 0.2) is 0 Å². The van der Waals surface area contributed by atoms with E-state index in [0.29, 0.717) is 18.8 Å². The van der Waals surface area contributed by atoms with Crippen LogP contribution in [0.5, 0.6) is 5.88 Å². The molecule has 4 nitrogen and oxygen atoms in total. The molecule has 0 aliphatic carbocycles. The Morgan fingerprint density at radius 1 is 0.838 bits per heavy atom. The fourth-order valence-electron chi connectivity index (χ4n) is 5.27. The Hall–Kier alpha value is -3.44. The molecule has 1 N–H and O–H groups in total. The summed E-state index contributed by atoms with van der Waals surface area (Å²) >= 11 is 0. The van der Waals surface area contributed by atoms with E-state index in [-0.39, 0.29) is 12.4 Å². The molecular formula is C32H33ClN2O2. The molecule has 0 spiro atoms. The Morgan fingerprint density at radius 2 is 1.49 bits per heavy atom. The largest absolute Gasteiger partial charge is 0.481 e. The van der Waals surface area contributed by atoms with Crippen LogP contribution >= 0.6 is 12.4 Å². The first kappa shape index (κ1) is 26.6. The van der Waals surface area contributed by atoms with Crippen LogP contribution in [0.15, 0.2) is 103 Å². The highest BCUT2D eigenvalue weighted by molar-refractivity contribution is 5.87. The highest BCUT2D eigenvalue weighted by Crippen LogP contribution is 2.48. The number of ether oxygens (including phenoxy) is 1. The molecule has 5 rings (SSSR count). The first-order chi connectivity index (χ1) is 17.5. The summed E-state index contributed by atoms with van der Waals surface area (Å²) in [6.45, 7) is 0.715. The van der Waals surface area contributed by atoms with Crippen LogP contribution in [-0.4, -0.2) is 42.7 Å². The summed E-state index contributed by atoms with van der Waals surface area (Å²) in [5.41, 5.74) is 2.43. The maximum Gasteiger partial charge on any atom is 0.217 e. The van der Waals surface area contributed by atoms with Crippen molar-refractivity contribution in [2.45, 2.75) is 17.9 Å². The summed E-state index contributed by atoms with van der Waals surface area (Å²) in [4.78, 5) is 6.98. The minimum Gasteiger partial charge on any atom is -0.481 e. The highest BCUT2D eigenvalue weighted by Gasteiger charge is 2.43. The fourth-order valence-corrected chi connectivity index (χ4v) is 5.27. The zero-order chi connectivity index (χ0) is 25.1. The summed E-state index contributed by atoms with van der Waals surface area (Å²) in [5.74, 6) is 0.127. The van der Waals surface area contributed by atoms with Crippen LogP contribution in [0.1, 0.15) is 29.0 Å². The van der Waals surface area contributed by atoms with Crippen LogP contribution in [0.2, 0.25) is 0 Å². The topological polar surface area (TPSA) is 45.6 Å². The lowest BCUT2D eigenvalue weighted by atomic mass is 9.70. The van der Waals surface area contributed by atoms with Crippen LogP contribution in [0.3, 0.4) is 0 Å². The van der Waals surface area contributed by atoms with Gasteiger partial charge in [0.05, 0.1) is 12.6 Å². The van der Waals surface area contributed by atoms with E-state index in [1.807, 2.05) is 68.7 Å². The van der Waals surface area contributed by atoms with E-state index in [2.05, 4.69) is 53.4 Å². The second-order valence-corrected chi connectivity index (χ2v) is 9.63.